The van der Waals surface area contributed by atoms with Crippen LogP contribution >= 0.6 is 0 Å². The van der Waals surface area contributed by atoms with Gasteiger partial charge in [-0.25, -0.2) is 9.37 Å². The Hall–Kier alpha value is -2.66. The van der Waals surface area contributed by atoms with Crippen molar-refractivity contribution in [2.75, 3.05) is 35.7 Å². The molecule has 3 aliphatic rings. The number of fused-ring (bicyclic) bond motifs is 1. The number of aliphatic hydroxyl groups excluding tert-OH is 1. The van der Waals surface area contributed by atoms with E-state index in [-0.39, 0.29) is 30.9 Å². The van der Waals surface area contributed by atoms with E-state index in [1.807, 2.05) is 13.8 Å². The summed E-state index contributed by atoms with van der Waals surface area (Å²) in [4.78, 5) is 12.3. The van der Waals surface area contributed by atoms with Crippen molar-refractivity contribution >= 4 is 28.1 Å². The summed E-state index contributed by atoms with van der Waals surface area (Å²) in [6.45, 7) is 7.01. The number of alkyl halides is 1. The minimum absolute atomic E-state index is 0.0320. The molecule has 1 aliphatic carbocycles. The van der Waals surface area contributed by atoms with Crippen molar-refractivity contribution in [2.24, 2.45) is 5.92 Å². The molecule has 194 valence electrons. The number of nitrogens with zero attached hydrogens (tertiary/aromatic N) is 5. The molecule has 0 bridgehead atoms. The number of hydrogen-bond donors (Lipinski definition) is 2. The van der Waals surface area contributed by atoms with Gasteiger partial charge in [-0.1, -0.05) is 26.0 Å². The fourth-order valence-corrected chi connectivity index (χ4v) is 6.05. The average Bonchev–Trinajstić information content (AvgIpc) is 3.50. The molecule has 3 atom stereocenters. The van der Waals surface area contributed by atoms with Gasteiger partial charge in [0.15, 0.2) is 0 Å². The van der Waals surface area contributed by atoms with Crippen LogP contribution in [-0.2, 0) is 17.2 Å². The van der Waals surface area contributed by atoms with Crippen molar-refractivity contribution in [2.45, 2.75) is 69.0 Å². The van der Waals surface area contributed by atoms with E-state index in [2.05, 4.69) is 20.4 Å². The molecule has 0 amide bonds. The summed E-state index contributed by atoms with van der Waals surface area (Å²) in [5, 5.41) is 21.6. The predicted octanol–water partition coefficient (Wildman–Crippen LogP) is 3.41. The van der Waals surface area contributed by atoms with Gasteiger partial charge in [-0.15, -0.1) is 10.2 Å². The molecule has 36 heavy (non-hydrogen) atoms. The lowest BCUT2D eigenvalue weighted by molar-refractivity contribution is 0.248. The van der Waals surface area contributed by atoms with Crippen molar-refractivity contribution in [3.8, 4) is 0 Å². The number of piperidine rings is 1. The van der Waals surface area contributed by atoms with Crippen LogP contribution in [0, 0.1) is 5.92 Å². The Kier molecular flexibility index (Phi) is 6.95. The van der Waals surface area contributed by atoms with E-state index in [1.165, 1.54) is 6.08 Å². The zero-order valence-corrected chi connectivity index (χ0v) is 21.7. The van der Waals surface area contributed by atoms with Gasteiger partial charge in [0, 0.05) is 43.2 Å². The molecule has 4 heterocycles. The molecule has 11 heteroatoms. The first kappa shape index (κ1) is 25.0. The third kappa shape index (κ3) is 5.08. The topological polar surface area (TPSA) is 117 Å². The summed E-state index contributed by atoms with van der Waals surface area (Å²) in [6, 6.07) is -0.181. The van der Waals surface area contributed by atoms with Gasteiger partial charge in [-0.2, -0.15) is 4.98 Å². The largest absolute Gasteiger partial charge is 0.420 e. The molecule has 0 saturated carbocycles. The first-order valence-corrected chi connectivity index (χ1v) is 13.9. The second-order valence-corrected chi connectivity index (χ2v) is 11.8. The first-order chi connectivity index (χ1) is 17.2. The summed E-state index contributed by atoms with van der Waals surface area (Å²) in [6.07, 6.45) is 7.59. The molecular weight excluding hydrogens is 483 g/mol. The summed E-state index contributed by atoms with van der Waals surface area (Å²) in [5.41, 5.74) is 0.243. The Morgan fingerprint density at radius 1 is 1.31 bits per heavy atom. The normalized spacial score (nSPS) is 25.2. The molecule has 0 aromatic carbocycles. The van der Waals surface area contributed by atoms with Gasteiger partial charge in [0.25, 0.3) is 0 Å². The number of halogens is 1. The molecule has 2 unspecified atom stereocenters. The van der Waals surface area contributed by atoms with Gasteiger partial charge in [0.05, 0.1) is 29.1 Å². The number of allylic oxidation sites excluding steroid dienone is 4. The zero-order chi connectivity index (χ0) is 25.4. The van der Waals surface area contributed by atoms with Crippen molar-refractivity contribution in [1.29, 1.82) is 0 Å². The second-order valence-electron chi connectivity index (χ2n) is 10.3. The van der Waals surface area contributed by atoms with Gasteiger partial charge >= 0.3 is 0 Å². The Morgan fingerprint density at radius 2 is 2.08 bits per heavy atom. The highest BCUT2D eigenvalue weighted by atomic mass is 32.2. The van der Waals surface area contributed by atoms with Crippen molar-refractivity contribution in [1.82, 2.24) is 20.2 Å². The van der Waals surface area contributed by atoms with Crippen LogP contribution in [0.5, 0.6) is 0 Å². The van der Waals surface area contributed by atoms with Crippen LogP contribution in [0.3, 0.4) is 0 Å². The molecule has 2 aliphatic heterocycles. The molecule has 9 nitrogen and oxygen atoms in total. The SMILES string of the molecule is CC(C)[C@H](CO)Nc1nc(N2CCC(c3nnc(C4=CCC(C)(F)C=C4)o3)CC2)nc2c1S(=O)CC2. The third-order valence-corrected chi connectivity index (χ3v) is 8.60. The maximum absolute atomic E-state index is 14.0. The van der Waals surface area contributed by atoms with E-state index in [4.69, 9.17) is 14.4 Å². The monoisotopic (exact) mass is 516 g/mol. The van der Waals surface area contributed by atoms with Crippen molar-refractivity contribution in [3.05, 3.63) is 35.7 Å². The lowest BCUT2D eigenvalue weighted by atomic mass is 9.95. The first-order valence-electron chi connectivity index (χ1n) is 12.6. The average molecular weight is 517 g/mol. The van der Waals surface area contributed by atoms with Crippen LogP contribution in [-0.4, -0.2) is 66.6 Å². The Balaban J connectivity index is 1.29. The Morgan fingerprint density at radius 3 is 2.75 bits per heavy atom. The molecule has 0 radical (unpaired) electrons. The van der Waals surface area contributed by atoms with Gasteiger partial charge in [-0.05, 0) is 31.8 Å². The second kappa shape index (κ2) is 10.0. The number of anilines is 2. The summed E-state index contributed by atoms with van der Waals surface area (Å²) in [7, 11) is -1.13. The molecule has 1 fully saturated rings. The fraction of sp³-hybridized carbons (Fsp3) is 0.600. The molecule has 2 aromatic heterocycles. The van der Waals surface area contributed by atoms with Crippen LogP contribution in [0.2, 0.25) is 0 Å². The maximum atomic E-state index is 14.0. The van der Waals surface area contributed by atoms with Crippen molar-refractivity contribution in [3.63, 3.8) is 0 Å². The third-order valence-electron chi connectivity index (χ3n) is 7.15. The maximum Gasteiger partial charge on any atom is 0.247 e. The van der Waals surface area contributed by atoms with Crippen LogP contribution in [0.15, 0.2) is 27.5 Å². The van der Waals surface area contributed by atoms with Gasteiger partial charge < -0.3 is 19.7 Å². The van der Waals surface area contributed by atoms with E-state index in [9.17, 15) is 13.7 Å². The summed E-state index contributed by atoms with van der Waals surface area (Å²) in [5.74, 6) is 3.08. The van der Waals surface area contributed by atoms with E-state index < -0.39 is 16.5 Å². The van der Waals surface area contributed by atoms with E-state index >= 15 is 0 Å². The number of aryl methyl sites for hydroxylation is 1. The molecular formula is C25H33FN6O3S. The minimum atomic E-state index is -1.34. The highest BCUT2D eigenvalue weighted by molar-refractivity contribution is 7.85. The lowest BCUT2D eigenvalue weighted by Gasteiger charge is -2.31. The minimum Gasteiger partial charge on any atom is -0.420 e. The highest BCUT2D eigenvalue weighted by Gasteiger charge is 2.31. The Bertz CT molecular complexity index is 1200. The Labute approximate surface area is 212 Å². The number of hydrogen-bond acceptors (Lipinski definition) is 9. The molecule has 1 saturated heterocycles. The van der Waals surface area contributed by atoms with Crippen LogP contribution in [0.1, 0.15) is 63.4 Å². The predicted molar refractivity (Wildman–Crippen MR) is 136 cm³/mol. The summed E-state index contributed by atoms with van der Waals surface area (Å²) < 4.78 is 32.6. The zero-order valence-electron chi connectivity index (χ0n) is 20.9. The van der Waals surface area contributed by atoms with Gasteiger partial charge in [-0.3, -0.25) is 4.21 Å². The number of aromatic nitrogens is 4. The lowest BCUT2D eigenvalue weighted by Crippen LogP contribution is -2.35. The summed E-state index contributed by atoms with van der Waals surface area (Å²) >= 11 is 0. The van der Waals surface area contributed by atoms with E-state index in [0.717, 1.165) is 37.2 Å². The van der Waals surface area contributed by atoms with Crippen molar-refractivity contribution < 1.29 is 18.1 Å². The number of nitrogens with one attached hydrogen (secondary N) is 1. The van der Waals surface area contributed by atoms with Crippen LogP contribution in [0.4, 0.5) is 16.2 Å². The van der Waals surface area contributed by atoms with E-state index in [0.29, 0.717) is 40.6 Å². The quantitative estimate of drug-likeness (QED) is 0.571. The highest BCUT2D eigenvalue weighted by Crippen LogP contribution is 2.35. The molecule has 2 aromatic rings. The number of rotatable bonds is 7. The molecule has 5 rings (SSSR count). The molecule has 0 spiro atoms. The van der Waals surface area contributed by atoms with Crippen LogP contribution in [0.25, 0.3) is 5.57 Å². The standard InChI is InChI=1S/C25H33FN6O3S/c1-15(2)19(14-33)27-21-20-18(8-13-36(20)34)28-24(29-21)32-11-6-17(7-12-32)23-31-30-22(35-23)16-4-9-25(3,26)10-5-16/h4-5,9,15,17,19,33H,6-8,10-14H2,1-3H3,(H,27,28,29)/t19-,25?,36?/m0/s1. The van der Waals surface area contributed by atoms with Crippen LogP contribution < -0.4 is 10.2 Å². The van der Waals surface area contributed by atoms with E-state index in [1.54, 1.807) is 19.1 Å². The smallest absolute Gasteiger partial charge is 0.247 e. The number of aliphatic hydroxyl groups is 1. The van der Waals surface area contributed by atoms with Gasteiger partial charge in [0.2, 0.25) is 17.7 Å². The molecule has 2 N–H and O–H groups in total. The fourth-order valence-electron chi connectivity index (χ4n) is 4.73. The van der Waals surface area contributed by atoms with Gasteiger partial charge in [0.1, 0.15) is 16.4 Å².